The Kier molecular flexibility index (Phi) is 4.04. The first kappa shape index (κ1) is 14.5. The standard InChI is InChI=1S/C17H19N3O2/c1-13-7-5-6-12-19(13)17(22)15-10-11-16(21)20(18-15)14-8-3-2-4-9-14/h2-4,8-11,13H,5-7,12H2,1H3. The van der Waals surface area contributed by atoms with Gasteiger partial charge in [-0.2, -0.15) is 9.78 Å². The number of hydrogen-bond donors (Lipinski definition) is 0. The summed E-state index contributed by atoms with van der Waals surface area (Å²) >= 11 is 0. The molecule has 1 aliphatic rings. The third-order valence-corrected chi connectivity index (χ3v) is 4.08. The highest BCUT2D eigenvalue weighted by Gasteiger charge is 2.25. The maximum atomic E-state index is 12.7. The molecule has 0 N–H and O–H groups in total. The molecule has 0 saturated carbocycles. The molecule has 5 nitrogen and oxygen atoms in total. The van der Waals surface area contributed by atoms with Crippen molar-refractivity contribution in [3.8, 4) is 5.69 Å². The molecule has 114 valence electrons. The molecule has 1 atom stereocenters. The molecule has 0 radical (unpaired) electrons. The zero-order valence-corrected chi connectivity index (χ0v) is 12.6. The van der Waals surface area contributed by atoms with Crippen molar-refractivity contribution in [1.29, 1.82) is 0 Å². The first-order chi connectivity index (χ1) is 10.7. The quantitative estimate of drug-likeness (QED) is 0.854. The van der Waals surface area contributed by atoms with Gasteiger partial charge < -0.3 is 4.90 Å². The van der Waals surface area contributed by atoms with Crippen LogP contribution in [0, 0.1) is 0 Å². The zero-order chi connectivity index (χ0) is 15.5. The van der Waals surface area contributed by atoms with Crippen molar-refractivity contribution in [1.82, 2.24) is 14.7 Å². The van der Waals surface area contributed by atoms with Crippen molar-refractivity contribution in [2.45, 2.75) is 32.2 Å². The molecule has 1 aromatic carbocycles. The van der Waals surface area contributed by atoms with E-state index >= 15 is 0 Å². The van der Waals surface area contributed by atoms with Gasteiger partial charge >= 0.3 is 0 Å². The Bertz CT molecular complexity index is 724. The van der Waals surface area contributed by atoms with Crippen LogP contribution in [-0.4, -0.2) is 33.2 Å². The van der Waals surface area contributed by atoms with Crippen molar-refractivity contribution in [2.24, 2.45) is 0 Å². The Hall–Kier alpha value is -2.43. The van der Waals surface area contributed by atoms with E-state index in [-0.39, 0.29) is 17.5 Å². The number of carbonyl (C=O) groups is 1. The Morgan fingerprint density at radius 2 is 1.91 bits per heavy atom. The minimum absolute atomic E-state index is 0.100. The van der Waals surface area contributed by atoms with E-state index in [4.69, 9.17) is 0 Å². The summed E-state index contributed by atoms with van der Waals surface area (Å²) in [5.41, 5.74) is 0.737. The largest absolute Gasteiger partial charge is 0.335 e. The summed E-state index contributed by atoms with van der Waals surface area (Å²) in [6.45, 7) is 2.82. The molecule has 1 aromatic heterocycles. The van der Waals surface area contributed by atoms with Crippen LogP contribution in [-0.2, 0) is 0 Å². The summed E-state index contributed by atoms with van der Waals surface area (Å²) in [7, 11) is 0. The van der Waals surface area contributed by atoms with Gasteiger partial charge in [-0.15, -0.1) is 0 Å². The normalized spacial score (nSPS) is 18.2. The van der Waals surface area contributed by atoms with Crippen molar-refractivity contribution in [3.63, 3.8) is 0 Å². The summed E-state index contributed by atoms with van der Waals surface area (Å²) in [5.74, 6) is -0.100. The number of amides is 1. The van der Waals surface area contributed by atoms with Crippen molar-refractivity contribution >= 4 is 5.91 Å². The number of likely N-dealkylation sites (tertiary alicyclic amines) is 1. The van der Waals surface area contributed by atoms with Gasteiger partial charge in [-0.05, 0) is 44.4 Å². The predicted molar refractivity (Wildman–Crippen MR) is 84.2 cm³/mol. The smallest absolute Gasteiger partial charge is 0.274 e. The number of rotatable bonds is 2. The molecule has 1 amide bonds. The van der Waals surface area contributed by atoms with Gasteiger partial charge in [0.2, 0.25) is 0 Å². The molecule has 2 heterocycles. The molecule has 3 rings (SSSR count). The fraction of sp³-hybridized carbons (Fsp3) is 0.353. The highest BCUT2D eigenvalue weighted by Crippen LogP contribution is 2.18. The summed E-state index contributed by atoms with van der Waals surface area (Å²) < 4.78 is 1.28. The molecular formula is C17H19N3O2. The van der Waals surface area contributed by atoms with Crippen LogP contribution in [0.2, 0.25) is 0 Å². The van der Waals surface area contributed by atoms with Crippen LogP contribution in [0.25, 0.3) is 5.69 Å². The number of nitrogens with zero attached hydrogens (tertiary/aromatic N) is 3. The fourth-order valence-electron chi connectivity index (χ4n) is 2.83. The van der Waals surface area contributed by atoms with Crippen molar-refractivity contribution in [3.05, 3.63) is 58.5 Å². The third kappa shape index (κ3) is 2.79. The van der Waals surface area contributed by atoms with Gasteiger partial charge in [0.25, 0.3) is 11.5 Å². The molecule has 1 saturated heterocycles. The number of piperidine rings is 1. The van der Waals surface area contributed by atoms with E-state index in [9.17, 15) is 9.59 Å². The van der Waals surface area contributed by atoms with Crippen molar-refractivity contribution < 1.29 is 4.79 Å². The van der Waals surface area contributed by atoms with Gasteiger partial charge in [0.15, 0.2) is 0 Å². The lowest BCUT2D eigenvalue weighted by Crippen LogP contribution is -2.43. The monoisotopic (exact) mass is 297 g/mol. The van der Waals surface area contributed by atoms with E-state index in [0.29, 0.717) is 11.4 Å². The maximum absolute atomic E-state index is 12.7. The van der Waals surface area contributed by atoms with Crippen LogP contribution in [0.15, 0.2) is 47.3 Å². The summed E-state index contributed by atoms with van der Waals surface area (Å²) in [5, 5.41) is 4.27. The molecule has 1 aliphatic heterocycles. The van der Waals surface area contributed by atoms with Gasteiger partial charge in [-0.25, -0.2) is 0 Å². The molecule has 0 bridgehead atoms. The predicted octanol–water partition coefficient (Wildman–Crippen LogP) is 2.25. The molecule has 1 unspecified atom stereocenters. The minimum Gasteiger partial charge on any atom is -0.335 e. The highest BCUT2D eigenvalue weighted by atomic mass is 16.2. The van der Waals surface area contributed by atoms with Crippen LogP contribution >= 0.6 is 0 Å². The number of para-hydroxylation sites is 1. The van der Waals surface area contributed by atoms with E-state index in [2.05, 4.69) is 12.0 Å². The first-order valence-electron chi connectivity index (χ1n) is 7.63. The summed E-state index contributed by atoms with van der Waals surface area (Å²) in [6, 6.07) is 12.3. The molecule has 2 aromatic rings. The van der Waals surface area contributed by atoms with Crippen LogP contribution in [0.5, 0.6) is 0 Å². The maximum Gasteiger partial charge on any atom is 0.274 e. The van der Waals surface area contributed by atoms with E-state index in [0.717, 1.165) is 25.8 Å². The highest BCUT2D eigenvalue weighted by molar-refractivity contribution is 5.92. The average molecular weight is 297 g/mol. The molecule has 5 heteroatoms. The number of carbonyl (C=O) groups excluding carboxylic acids is 1. The Labute approximate surface area is 129 Å². The SMILES string of the molecule is CC1CCCCN1C(=O)c1ccc(=O)n(-c2ccccc2)n1. The second kappa shape index (κ2) is 6.13. The van der Waals surface area contributed by atoms with E-state index < -0.39 is 0 Å². The van der Waals surface area contributed by atoms with E-state index in [1.54, 1.807) is 12.1 Å². The Balaban J connectivity index is 1.95. The van der Waals surface area contributed by atoms with Crippen LogP contribution in [0.4, 0.5) is 0 Å². The number of benzene rings is 1. The number of hydrogen-bond acceptors (Lipinski definition) is 3. The van der Waals surface area contributed by atoms with E-state index in [1.807, 2.05) is 23.1 Å². The second-order valence-electron chi connectivity index (χ2n) is 5.65. The van der Waals surface area contributed by atoms with Crippen molar-refractivity contribution in [2.75, 3.05) is 6.54 Å². The average Bonchev–Trinajstić information content (AvgIpc) is 2.56. The van der Waals surface area contributed by atoms with Gasteiger partial charge in [0.1, 0.15) is 5.69 Å². The Morgan fingerprint density at radius 1 is 1.14 bits per heavy atom. The molecule has 0 spiro atoms. The molecular weight excluding hydrogens is 278 g/mol. The van der Waals surface area contributed by atoms with Crippen LogP contribution < -0.4 is 5.56 Å². The topological polar surface area (TPSA) is 55.2 Å². The zero-order valence-electron chi connectivity index (χ0n) is 12.6. The first-order valence-corrected chi connectivity index (χ1v) is 7.63. The van der Waals surface area contributed by atoms with Gasteiger partial charge in [0, 0.05) is 18.7 Å². The Morgan fingerprint density at radius 3 is 2.64 bits per heavy atom. The lowest BCUT2D eigenvalue weighted by atomic mass is 10.0. The summed E-state index contributed by atoms with van der Waals surface area (Å²) in [6.07, 6.45) is 3.19. The lowest BCUT2D eigenvalue weighted by Gasteiger charge is -2.33. The number of aromatic nitrogens is 2. The van der Waals surface area contributed by atoms with Gasteiger partial charge in [0.05, 0.1) is 5.69 Å². The fourth-order valence-corrected chi connectivity index (χ4v) is 2.83. The summed E-state index contributed by atoms with van der Waals surface area (Å²) in [4.78, 5) is 26.5. The van der Waals surface area contributed by atoms with Gasteiger partial charge in [-0.3, -0.25) is 9.59 Å². The molecule has 22 heavy (non-hydrogen) atoms. The van der Waals surface area contributed by atoms with Crippen LogP contribution in [0.1, 0.15) is 36.7 Å². The second-order valence-corrected chi connectivity index (χ2v) is 5.65. The molecule has 1 fully saturated rings. The van der Waals surface area contributed by atoms with Gasteiger partial charge in [-0.1, -0.05) is 18.2 Å². The minimum atomic E-state index is -0.241. The third-order valence-electron chi connectivity index (χ3n) is 4.08. The van der Waals surface area contributed by atoms with Crippen LogP contribution in [0.3, 0.4) is 0 Å². The molecule has 0 aliphatic carbocycles. The lowest BCUT2D eigenvalue weighted by molar-refractivity contribution is 0.0627. The van der Waals surface area contributed by atoms with E-state index in [1.165, 1.54) is 16.8 Å².